The fourth-order valence-corrected chi connectivity index (χ4v) is 4.47. The predicted molar refractivity (Wildman–Crippen MR) is 115 cm³/mol. The molecule has 0 aliphatic carbocycles. The molecule has 0 amide bonds. The van der Waals surface area contributed by atoms with Gasteiger partial charge in [-0.15, -0.1) is 10.2 Å². The van der Waals surface area contributed by atoms with Crippen molar-refractivity contribution < 1.29 is 0 Å². The van der Waals surface area contributed by atoms with E-state index in [1.807, 2.05) is 42.7 Å². The van der Waals surface area contributed by atoms with E-state index >= 15 is 0 Å². The van der Waals surface area contributed by atoms with Gasteiger partial charge in [-0.25, -0.2) is 9.67 Å². The van der Waals surface area contributed by atoms with Crippen molar-refractivity contribution in [1.29, 1.82) is 0 Å². The highest BCUT2D eigenvalue weighted by atomic mass is 15.3. The minimum Gasteiger partial charge on any atom is -0.355 e. The first-order chi connectivity index (χ1) is 13.7. The lowest BCUT2D eigenvalue weighted by molar-refractivity contribution is 0.160. The van der Waals surface area contributed by atoms with Gasteiger partial charge in [0.15, 0.2) is 11.6 Å². The topological polar surface area (TPSA) is 71.8 Å². The van der Waals surface area contributed by atoms with Gasteiger partial charge in [0.2, 0.25) is 0 Å². The molecule has 3 aromatic rings. The molecule has 7 nitrogen and oxygen atoms in total. The number of nitrogens with one attached hydrogen (secondary N) is 1. The molecule has 1 fully saturated rings. The van der Waals surface area contributed by atoms with E-state index < -0.39 is 0 Å². The van der Waals surface area contributed by atoms with E-state index in [9.17, 15) is 0 Å². The minimum absolute atomic E-state index is 0.0933. The molecule has 0 aromatic carbocycles. The van der Waals surface area contributed by atoms with Crippen molar-refractivity contribution in [2.75, 3.05) is 11.9 Å². The van der Waals surface area contributed by atoms with Gasteiger partial charge in [0.1, 0.15) is 0 Å². The van der Waals surface area contributed by atoms with E-state index in [4.69, 9.17) is 0 Å². The molecule has 152 valence electrons. The van der Waals surface area contributed by atoms with Gasteiger partial charge in [0.05, 0.1) is 5.69 Å². The second-order valence-corrected chi connectivity index (χ2v) is 9.20. The maximum Gasteiger partial charge on any atom is 0.153 e. The van der Waals surface area contributed by atoms with Crippen molar-refractivity contribution >= 4 is 5.82 Å². The fourth-order valence-electron chi connectivity index (χ4n) is 4.47. The Kier molecular flexibility index (Phi) is 4.86. The van der Waals surface area contributed by atoms with Gasteiger partial charge >= 0.3 is 0 Å². The Morgan fingerprint density at radius 3 is 2.34 bits per heavy atom. The molecule has 0 bridgehead atoms. The van der Waals surface area contributed by atoms with Crippen LogP contribution in [0.15, 0.2) is 48.9 Å². The van der Waals surface area contributed by atoms with E-state index in [1.165, 1.54) is 0 Å². The van der Waals surface area contributed by atoms with Crippen LogP contribution in [0.2, 0.25) is 0 Å². The van der Waals surface area contributed by atoms with E-state index in [1.54, 1.807) is 10.9 Å². The Morgan fingerprint density at radius 2 is 1.79 bits per heavy atom. The summed E-state index contributed by atoms with van der Waals surface area (Å²) < 4.78 is 1.73. The molecule has 4 rings (SSSR count). The normalized spacial score (nSPS) is 18.5. The van der Waals surface area contributed by atoms with Crippen LogP contribution in [0.3, 0.4) is 0 Å². The van der Waals surface area contributed by atoms with Crippen LogP contribution in [0.25, 0.3) is 17.1 Å². The van der Waals surface area contributed by atoms with Gasteiger partial charge in [-0.1, -0.05) is 0 Å². The second kappa shape index (κ2) is 7.22. The maximum absolute atomic E-state index is 4.51. The van der Waals surface area contributed by atoms with Crippen LogP contribution < -0.4 is 10.2 Å². The Bertz CT molecular complexity index is 928. The molecule has 0 atom stereocenters. The summed E-state index contributed by atoms with van der Waals surface area (Å²) in [5.74, 6) is 1.67. The quantitative estimate of drug-likeness (QED) is 0.734. The van der Waals surface area contributed by atoms with E-state index in [-0.39, 0.29) is 11.1 Å². The van der Waals surface area contributed by atoms with Crippen molar-refractivity contribution in [3.63, 3.8) is 0 Å². The summed E-state index contributed by atoms with van der Waals surface area (Å²) in [5.41, 5.74) is 1.94. The van der Waals surface area contributed by atoms with Gasteiger partial charge in [-0.05, 0) is 70.9 Å². The van der Waals surface area contributed by atoms with Crippen molar-refractivity contribution in [3.05, 3.63) is 48.9 Å². The highest BCUT2D eigenvalue weighted by Crippen LogP contribution is 2.32. The summed E-state index contributed by atoms with van der Waals surface area (Å²) >= 11 is 0. The number of aromatic nitrogens is 5. The highest BCUT2D eigenvalue weighted by molar-refractivity contribution is 5.59. The Morgan fingerprint density at radius 1 is 1.03 bits per heavy atom. The molecule has 1 N–H and O–H groups in total. The van der Waals surface area contributed by atoms with Gasteiger partial charge in [-0.3, -0.25) is 0 Å². The van der Waals surface area contributed by atoms with Crippen LogP contribution in [0.1, 0.15) is 40.5 Å². The summed E-state index contributed by atoms with van der Waals surface area (Å²) in [6.07, 6.45) is 7.54. The number of piperidine rings is 1. The first-order valence-corrected chi connectivity index (χ1v) is 10.0. The largest absolute Gasteiger partial charge is 0.355 e. The van der Waals surface area contributed by atoms with Crippen molar-refractivity contribution in [3.8, 4) is 17.1 Å². The number of hydrogen-bond donors (Lipinski definition) is 1. The van der Waals surface area contributed by atoms with Crippen LogP contribution in [0, 0.1) is 0 Å². The lowest BCUT2D eigenvalue weighted by Crippen LogP contribution is -2.62. The van der Waals surface area contributed by atoms with Crippen LogP contribution in [-0.2, 0) is 0 Å². The third-order valence-corrected chi connectivity index (χ3v) is 5.51. The molecule has 7 heteroatoms. The highest BCUT2D eigenvalue weighted by Gasteiger charge is 2.39. The Labute approximate surface area is 172 Å². The molecule has 0 saturated carbocycles. The van der Waals surface area contributed by atoms with Crippen molar-refractivity contribution in [2.24, 2.45) is 0 Å². The Hall–Kier alpha value is -2.80. The van der Waals surface area contributed by atoms with Crippen LogP contribution in [-0.4, -0.2) is 49.1 Å². The third kappa shape index (κ3) is 4.29. The number of hydrogen-bond acceptors (Lipinski definition) is 6. The molecule has 0 unspecified atom stereocenters. The average Bonchev–Trinajstić information content (AvgIpc) is 3.20. The van der Waals surface area contributed by atoms with E-state index in [0.29, 0.717) is 6.04 Å². The molecule has 0 spiro atoms. The van der Waals surface area contributed by atoms with Crippen molar-refractivity contribution in [1.82, 2.24) is 30.3 Å². The van der Waals surface area contributed by atoms with Crippen molar-refractivity contribution in [2.45, 2.75) is 57.7 Å². The predicted octanol–water partition coefficient (Wildman–Crippen LogP) is 3.47. The van der Waals surface area contributed by atoms with Crippen LogP contribution in [0.5, 0.6) is 0 Å². The minimum atomic E-state index is 0.0933. The molecule has 0 radical (unpaired) electrons. The fraction of sp³-hybridized carbons (Fsp3) is 0.455. The molecule has 4 heterocycles. The summed E-state index contributed by atoms with van der Waals surface area (Å²) in [7, 11) is 2.12. The summed E-state index contributed by atoms with van der Waals surface area (Å²) in [6, 6.07) is 10.3. The first kappa shape index (κ1) is 19.5. The summed E-state index contributed by atoms with van der Waals surface area (Å²) in [4.78, 5) is 6.74. The molecule has 1 aliphatic heterocycles. The number of anilines is 1. The zero-order valence-electron chi connectivity index (χ0n) is 17.8. The molecule has 29 heavy (non-hydrogen) atoms. The van der Waals surface area contributed by atoms with Gasteiger partial charge < -0.3 is 10.2 Å². The molecule has 1 aliphatic rings. The standard InChI is InChI=1S/C22H29N7/c1-21(2)13-17(14-22(3,4)27-21)28(5)20-10-8-18(25-26-20)16-7-9-19(23-15-16)29-12-6-11-24-29/h6-12,15,17,27H,13-14H2,1-5H3. The van der Waals surface area contributed by atoms with Gasteiger partial charge in [0.25, 0.3) is 0 Å². The molecule has 3 aromatic heterocycles. The molecular weight excluding hydrogens is 362 g/mol. The number of rotatable bonds is 4. The van der Waals surface area contributed by atoms with E-state index in [2.05, 4.69) is 65.2 Å². The zero-order valence-corrected chi connectivity index (χ0v) is 17.8. The smallest absolute Gasteiger partial charge is 0.153 e. The first-order valence-electron chi connectivity index (χ1n) is 10.0. The van der Waals surface area contributed by atoms with Gasteiger partial charge in [0, 0.05) is 48.3 Å². The summed E-state index contributed by atoms with van der Waals surface area (Å²) in [5, 5.41) is 16.9. The number of nitrogens with zero attached hydrogens (tertiary/aromatic N) is 6. The van der Waals surface area contributed by atoms with Crippen LogP contribution >= 0.6 is 0 Å². The van der Waals surface area contributed by atoms with Gasteiger partial charge in [-0.2, -0.15) is 5.10 Å². The van der Waals surface area contributed by atoms with Crippen LogP contribution in [0.4, 0.5) is 5.82 Å². The molecular formula is C22H29N7. The summed E-state index contributed by atoms with van der Waals surface area (Å²) in [6.45, 7) is 9.07. The molecule has 1 saturated heterocycles. The number of pyridine rings is 1. The zero-order chi connectivity index (χ0) is 20.6. The lowest BCUT2D eigenvalue weighted by Gasteiger charge is -2.49. The maximum atomic E-state index is 4.51. The monoisotopic (exact) mass is 391 g/mol. The third-order valence-electron chi connectivity index (χ3n) is 5.51. The lowest BCUT2D eigenvalue weighted by atomic mass is 9.79. The average molecular weight is 392 g/mol. The Balaban J connectivity index is 1.50. The SMILES string of the molecule is CN(c1ccc(-c2ccc(-n3cccn3)nc2)nn1)C1CC(C)(C)NC(C)(C)C1. The second-order valence-electron chi connectivity index (χ2n) is 9.20. The van der Waals surface area contributed by atoms with E-state index in [0.717, 1.165) is 35.7 Å².